The summed E-state index contributed by atoms with van der Waals surface area (Å²) in [5, 5.41) is 14.6. The second-order valence-corrected chi connectivity index (χ2v) is 7.31. The largest absolute Gasteiger partial charge is 0.358 e. The van der Waals surface area contributed by atoms with Gasteiger partial charge in [0.15, 0.2) is 11.6 Å². The summed E-state index contributed by atoms with van der Waals surface area (Å²) in [7, 11) is 0. The van der Waals surface area contributed by atoms with Crippen LogP contribution in [0.4, 0.5) is 17.6 Å². The van der Waals surface area contributed by atoms with Crippen molar-refractivity contribution >= 4 is 17.6 Å². The molecule has 0 bridgehead atoms. The maximum Gasteiger partial charge on any atom is 0.228 e. The molecule has 1 unspecified atom stereocenters. The van der Waals surface area contributed by atoms with Crippen LogP contribution >= 0.6 is 0 Å². The van der Waals surface area contributed by atoms with Gasteiger partial charge in [-0.05, 0) is 26.7 Å². The molecule has 10 heteroatoms. The Bertz CT molecular complexity index is 1150. The highest BCUT2D eigenvalue weighted by Gasteiger charge is 2.32. The molecule has 5 rings (SSSR count). The Balaban J connectivity index is 1.42. The number of nitrogens with zero attached hydrogens (tertiary/aromatic N) is 7. The van der Waals surface area contributed by atoms with E-state index in [1.807, 2.05) is 32.0 Å². The molecule has 152 valence electrons. The predicted octanol–water partition coefficient (Wildman–Crippen LogP) is 3.35. The normalized spacial score (nSPS) is 16.2. The lowest BCUT2D eigenvalue weighted by molar-refractivity contribution is 0.362. The lowest BCUT2D eigenvalue weighted by Crippen LogP contribution is -2.25. The first-order valence-corrected chi connectivity index (χ1v) is 9.80. The van der Waals surface area contributed by atoms with Crippen molar-refractivity contribution in [2.45, 2.75) is 32.7 Å². The molecule has 5 heterocycles. The third-order valence-corrected chi connectivity index (χ3v) is 5.00. The number of H-pyrrole nitrogens is 1. The fraction of sp³-hybridized carbons (Fsp3) is 0.300. The Labute approximate surface area is 172 Å². The van der Waals surface area contributed by atoms with Crippen LogP contribution in [0.2, 0.25) is 0 Å². The van der Waals surface area contributed by atoms with Crippen LogP contribution in [-0.4, -0.2) is 41.8 Å². The third kappa shape index (κ3) is 3.59. The van der Waals surface area contributed by atoms with Gasteiger partial charge in [-0.2, -0.15) is 10.1 Å². The number of hydrogen-bond donors (Lipinski definition) is 2. The number of rotatable bonds is 5. The number of anilines is 3. The minimum absolute atomic E-state index is 0.0187. The van der Waals surface area contributed by atoms with E-state index in [0.717, 1.165) is 42.4 Å². The molecule has 1 atom stereocenters. The first kappa shape index (κ1) is 18.2. The Morgan fingerprint density at radius 3 is 2.83 bits per heavy atom. The molecular weight excluding hydrogens is 382 g/mol. The van der Waals surface area contributed by atoms with Crippen molar-refractivity contribution in [1.29, 1.82) is 0 Å². The van der Waals surface area contributed by atoms with Crippen molar-refractivity contribution in [3.8, 4) is 11.4 Å². The van der Waals surface area contributed by atoms with E-state index in [1.54, 1.807) is 18.6 Å². The molecule has 0 radical (unpaired) electrons. The number of nitrogens with one attached hydrogen (secondary N) is 2. The van der Waals surface area contributed by atoms with E-state index in [9.17, 15) is 0 Å². The first-order valence-electron chi connectivity index (χ1n) is 9.80. The molecule has 2 N–H and O–H groups in total. The van der Waals surface area contributed by atoms with Gasteiger partial charge < -0.3 is 14.7 Å². The topological polar surface area (TPSA) is 122 Å². The number of aryl methyl sites for hydroxylation is 2. The number of aromatic amines is 1. The van der Waals surface area contributed by atoms with E-state index in [-0.39, 0.29) is 6.04 Å². The molecule has 0 aliphatic carbocycles. The average molecular weight is 403 g/mol. The number of aromatic nitrogens is 7. The second kappa shape index (κ2) is 7.54. The Hall–Kier alpha value is -3.82. The van der Waals surface area contributed by atoms with Crippen molar-refractivity contribution in [3.05, 3.63) is 53.9 Å². The first-order chi connectivity index (χ1) is 14.7. The van der Waals surface area contributed by atoms with E-state index in [4.69, 9.17) is 9.51 Å². The van der Waals surface area contributed by atoms with Gasteiger partial charge in [0.25, 0.3) is 0 Å². The minimum atomic E-state index is 0.0187. The quantitative estimate of drug-likeness (QED) is 0.516. The maximum atomic E-state index is 5.67. The summed E-state index contributed by atoms with van der Waals surface area (Å²) in [6.07, 6.45) is 6.90. The SMILES string of the molecule is Cc1cc(Nc2cc(C)[nH]n2)nc(N2CCCC2c2cc(-c3cnccn3)no2)n1. The van der Waals surface area contributed by atoms with Gasteiger partial charge in [-0.1, -0.05) is 5.16 Å². The Kier molecular flexibility index (Phi) is 4.58. The zero-order chi connectivity index (χ0) is 20.5. The summed E-state index contributed by atoms with van der Waals surface area (Å²) in [5.41, 5.74) is 3.21. The molecule has 1 saturated heterocycles. The van der Waals surface area contributed by atoms with Gasteiger partial charge in [0.05, 0.1) is 12.2 Å². The summed E-state index contributed by atoms with van der Waals surface area (Å²) in [4.78, 5) is 19.9. The van der Waals surface area contributed by atoms with Crippen LogP contribution in [0.5, 0.6) is 0 Å². The van der Waals surface area contributed by atoms with Crippen LogP contribution in [0, 0.1) is 13.8 Å². The summed E-state index contributed by atoms with van der Waals surface area (Å²) >= 11 is 0. The van der Waals surface area contributed by atoms with Crippen LogP contribution < -0.4 is 10.2 Å². The van der Waals surface area contributed by atoms with Crippen LogP contribution in [-0.2, 0) is 0 Å². The van der Waals surface area contributed by atoms with E-state index >= 15 is 0 Å². The molecule has 0 spiro atoms. The highest BCUT2D eigenvalue weighted by atomic mass is 16.5. The molecule has 4 aromatic rings. The Morgan fingerprint density at radius 2 is 2.03 bits per heavy atom. The standard InChI is InChI=1S/C20H21N9O/c1-12-8-18(24-19-9-13(2)26-27-19)25-20(23-12)29-7-3-4-16(29)17-10-14(28-30-17)15-11-21-5-6-22-15/h5-6,8-11,16H,3-4,7H2,1-2H3,(H2,23,24,25,26,27). The zero-order valence-electron chi connectivity index (χ0n) is 16.7. The number of hydrogen-bond acceptors (Lipinski definition) is 9. The van der Waals surface area contributed by atoms with Gasteiger partial charge in [0, 0.05) is 48.5 Å². The summed E-state index contributed by atoms with van der Waals surface area (Å²) in [5.74, 6) is 2.85. The van der Waals surface area contributed by atoms with Gasteiger partial charge in [0.2, 0.25) is 5.95 Å². The molecule has 10 nitrogen and oxygen atoms in total. The molecule has 4 aromatic heterocycles. The highest BCUT2D eigenvalue weighted by molar-refractivity contribution is 5.56. The molecule has 0 saturated carbocycles. The smallest absolute Gasteiger partial charge is 0.228 e. The van der Waals surface area contributed by atoms with Crippen LogP contribution in [0.1, 0.15) is 36.0 Å². The lowest BCUT2D eigenvalue weighted by atomic mass is 10.1. The van der Waals surface area contributed by atoms with Gasteiger partial charge >= 0.3 is 0 Å². The maximum absolute atomic E-state index is 5.67. The zero-order valence-corrected chi connectivity index (χ0v) is 16.7. The average Bonchev–Trinajstić information content (AvgIpc) is 3.48. The van der Waals surface area contributed by atoms with E-state index < -0.39 is 0 Å². The van der Waals surface area contributed by atoms with E-state index in [0.29, 0.717) is 23.2 Å². The molecule has 1 fully saturated rings. The Morgan fingerprint density at radius 1 is 1.10 bits per heavy atom. The fourth-order valence-electron chi connectivity index (χ4n) is 3.66. The summed E-state index contributed by atoms with van der Waals surface area (Å²) in [6, 6.07) is 5.77. The van der Waals surface area contributed by atoms with Crippen LogP contribution in [0.25, 0.3) is 11.4 Å². The molecule has 30 heavy (non-hydrogen) atoms. The van der Waals surface area contributed by atoms with Crippen molar-refractivity contribution in [3.63, 3.8) is 0 Å². The molecular formula is C20H21N9O. The summed E-state index contributed by atoms with van der Waals surface area (Å²) < 4.78 is 5.67. The predicted molar refractivity (Wildman–Crippen MR) is 110 cm³/mol. The second-order valence-electron chi connectivity index (χ2n) is 7.31. The molecule has 1 aliphatic heterocycles. The molecule has 1 aliphatic rings. The monoisotopic (exact) mass is 403 g/mol. The van der Waals surface area contributed by atoms with Gasteiger partial charge in [-0.3, -0.25) is 15.1 Å². The van der Waals surface area contributed by atoms with Crippen LogP contribution in [0.15, 0.2) is 41.3 Å². The van der Waals surface area contributed by atoms with Crippen molar-refractivity contribution in [2.75, 3.05) is 16.8 Å². The van der Waals surface area contributed by atoms with Crippen molar-refractivity contribution in [2.24, 2.45) is 0 Å². The third-order valence-electron chi connectivity index (χ3n) is 5.00. The van der Waals surface area contributed by atoms with Gasteiger partial charge in [0.1, 0.15) is 17.2 Å². The molecule has 0 amide bonds. The highest BCUT2D eigenvalue weighted by Crippen LogP contribution is 2.36. The lowest BCUT2D eigenvalue weighted by Gasteiger charge is -2.23. The van der Waals surface area contributed by atoms with E-state index in [1.165, 1.54) is 0 Å². The molecule has 0 aromatic carbocycles. The van der Waals surface area contributed by atoms with Crippen molar-refractivity contribution in [1.82, 2.24) is 35.3 Å². The van der Waals surface area contributed by atoms with Gasteiger partial charge in [-0.15, -0.1) is 0 Å². The minimum Gasteiger partial charge on any atom is -0.358 e. The summed E-state index contributed by atoms with van der Waals surface area (Å²) in [6.45, 7) is 4.75. The van der Waals surface area contributed by atoms with Gasteiger partial charge in [-0.25, -0.2) is 4.98 Å². The fourth-order valence-corrected chi connectivity index (χ4v) is 3.66. The van der Waals surface area contributed by atoms with E-state index in [2.05, 4.69) is 40.5 Å². The van der Waals surface area contributed by atoms with Crippen molar-refractivity contribution < 1.29 is 4.52 Å². The van der Waals surface area contributed by atoms with Crippen LogP contribution in [0.3, 0.4) is 0 Å².